The van der Waals surface area contributed by atoms with Gasteiger partial charge in [0.05, 0.1) is 18.3 Å². The summed E-state index contributed by atoms with van der Waals surface area (Å²) in [5.74, 6) is 1.17. The topological polar surface area (TPSA) is 47.6 Å². The molecule has 2 aromatic carbocycles. The number of anilines is 1. The Morgan fingerprint density at radius 3 is 2.52 bits per heavy atom. The Hall–Kier alpha value is -2.01. The molecule has 2 aromatic rings. The van der Waals surface area contributed by atoms with Crippen molar-refractivity contribution >= 4 is 27.5 Å². The molecule has 0 heterocycles. The highest BCUT2D eigenvalue weighted by Crippen LogP contribution is 2.25. The van der Waals surface area contributed by atoms with Crippen molar-refractivity contribution in [3.63, 3.8) is 0 Å². The predicted molar refractivity (Wildman–Crippen MR) is 105 cm³/mol. The minimum Gasteiger partial charge on any atom is -0.493 e. The Morgan fingerprint density at radius 2 is 1.88 bits per heavy atom. The van der Waals surface area contributed by atoms with Crippen LogP contribution in [-0.2, 0) is 0 Å². The van der Waals surface area contributed by atoms with E-state index < -0.39 is 0 Å². The van der Waals surface area contributed by atoms with Gasteiger partial charge in [-0.15, -0.1) is 0 Å². The zero-order valence-electron chi connectivity index (χ0n) is 14.8. The fraction of sp³-hybridized carbons (Fsp3) is 0.350. The lowest BCUT2D eigenvalue weighted by atomic mass is 10.2. The molecule has 2 rings (SSSR count). The van der Waals surface area contributed by atoms with Crippen LogP contribution in [0.4, 0.5) is 5.69 Å². The summed E-state index contributed by atoms with van der Waals surface area (Å²) < 4.78 is 12.3. The number of hydrogen-bond donors (Lipinski definition) is 1. The van der Waals surface area contributed by atoms with E-state index >= 15 is 0 Å². The van der Waals surface area contributed by atoms with E-state index in [-0.39, 0.29) is 12.0 Å². The molecule has 0 radical (unpaired) electrons. The van der Waals surface area contributed by atoms with Crippen LogP contribution in [0.25, 0.3) is 0 Å². The van der Waals surface area contributed by atoms with Crippen molar-refractivity contribution in [2.75, 3.05) is 11.9 Å². The Kier molecular flexibility index (Phi) is 7.31. The first-order valence-corrected chi connectivity index (χ1v) is 9.33. The molecule has 0 saturated carbocycles. The number of amides is 1. The quantitative estimate of drug-likeness (QED) is 0.615. The molecule has 4 nitrogen and oxygen atoms in total. The molecule has 0 aromatic heterocycles. The Balaban J connectivity index is 2.10. The van der Waals surface area contributed by atoms with E-state index in [0.29, 0.717) is 23.6 Å². The van der Waals surface area contributed by atoms with Gasteiger partial charge in [-0.1, -0.05) is 29.8 Å². The van der Waals surface area contributed by atoms with E-state index in [0.717, 1.165) is 23.1 Å². The van der Waals surface area contributed by atoms with Crippen LogP contribution in [0.3, 0.4) is 0 Å². The second-order valence-corrected chi connectivity index (χ2v) is 6.72. The molecular weight excluding hydrogens is 382 g/mol. The number of nitrogens with one attached hydrogen (secondary N) is 1. The van der Waals surface area contributed by atoms with Crippen LogP contribution >= 0.6 is 15.9 Å². The van der Waals surface area contributed by atoms with Crippen LogP contribution in [-0.4, -0.2) is 18.6 Å². The molecule has 25 heavy (non-hydrogen) atoms. The Bertz CT molecular complexity index is 701. The number of hydrogen-bond acceptors (Lipinski definition) is 3. The maximum absolute atomic E-state index is 12.6. The summed E-state index contributed by atoms with van der Waals surface area (Å²) in [7, 11) is 0. The van der Waals surface area contributed by atoms with Crippen molar-refractivity contribution in [2.24, 2.45) is 0 Å². The van der Waals surface area contributed by atoms with Crippen molar-refractivity contribution in [1.29, 1.82) is 0 Å². The fourth-order valence-corrected chi connectivity index (χ4v) is 2.51. The van der Waals surface area contributed by atoms with Crippen molar-refractivity contribution < 1.29 is 14.3 Å². The molecule has 134 valence electrons. The summed E-state index contributed by atoms with van der Waals surface area (Å²) in [6.07, 6.45) is 2.00. The lowest BCUT2D eigenvalue weighted by Gasteiger charge is -2.14. The van der Waals surface area contributed by atoms with Crippen LogP contribution < -0.4 is 14.8 Å². The summed E-state index contributed by atoms with van der Waals surface area (Å²) in [4.78, 5) is 12.6. The monoisotopic (exact) mass is 405 g/mol. The van der Waals surface area contributed by atoms with Crippen LogP contribution in [0, 0.1) is 0 Å². The smallest absolute Gasteiger partial charge is 0.259 e. The first kappa shape index (κ1) is 19.3. The number of carbonyl (C=O) groups is 1. The number of carbonyl (C=O) groups excluding carboxylic acids is 1. The third kappa shape index (κ3) is 5.78. The first-order chi connectivity index (χ1) is 12.0. The molecule has 5 heteroatoms. The van der Waals surface area contributed by atoms with E-state index in [4.69, 9.17) is 9.47 Å². The highest BCUT2D eigenvalue weighted by molar-refractivity contribution is 9.10. The minimum atomic E-state index is -0.206. The number of halogens is 1. The lowest BCUT2D eigenvalue weighted by molar-refractivity contribution is 0.102. The molecule has 0 aliphatic rings. The average Bonchev–Trinajstić information content (AvgIpc) is 2.62. The van der Waals surface area contributed by atoms with E-state index in [2.05, 4.69) is 28.2 Å². The molecule has 0 saturated heterocycles. The number of rotatable bonds is 8. The molecule has 1 amide bonds. The third-order valence-electron chi connectivity index (χ3n) is 3.67. The van der Waals surface area contributed by atoms with Crippen molar-refractivity contribution in [2.45, 2.75) is 39.7 Å². The highest BCUT2D eigenvalue weighted by atomic mass is 79.9. The third-order valence-corrected chi connectivity index (χ3v) is 4.17. The molecule has 0 spiro atoms. The van der Waals surface area contributed by atoms with E-state index in [1.165, 1.54) is 0 Å². The SMILES string of the molecule is CCCOc1ccc(Br)cc1C(=O)Nc1ccc(OC(C)CC)cc1. The summed E-state index contributed by atoms with van der Waals surface area (Å²) in [6, 6.07) is 12.8. The second-order valence-electron chi connectivity index (χ2n) is 5.80. The van der Waals surface area contributed by atoms with Gasteiger partial charge in [0.1, 0.15) is 11.5 Å². The van der Waals surface area contributed by atoms with Crippen LogP contribution in [0.5, 0.6) is 11.5 Å². The van der Waals surface area contributed by atoms with Gasteiger partial charge in [-0.2, -0.15) is 0 Å². The van der Waals surface area contributed by atoms with Crippen molar-refractivity contribution in [1.82, 2.24) is 0 Å². The van der Waals surface area contributed by atoms with Gasteiger partial charge in [-0.05, 0) is 62.2 Å². The van der Waals surface area contributed by atoms with Gasteiger partial charge < -0.3 is 14.8 Å². The second kappa shape index (κ2) is 9.47. The molecule has 0 aliphatic heterocycles. The van der Waals surface area contributed by atoms with Gasteiger partial charge in [-0.25, -0.2) is 0 Å². The standard InChI is InChI=1S/C20H24BrNO3/c1-4-12-24-19-11-6-15(21)13-18(19)20(23)22-16-7-9-17(10-8-16)25-14(3)5-2/h6-11,13-14H,4-5,12H2,1-3H3,(H,22,23). The molecular formula is C20H24BrNO3. The van der Waals surface area contributed by atoms with Crippen LogP contribution in [0.2, 0.25) is 0 Å². The van der Waals surface area contributed by atoms with Crippen LogP contribution in [0.15, 0.2) is 46.9 Å². The molecule has 0 aliphatic carbocycles. The maximum atomic E-state index is 12.6. The van der Waals surface area contributed by atoms with Gasteiger partial charge in [0.15, 0.2) is 0 Å². The van der Waals surface area contributed by atoms with Gasteiger partial charge in [0.2, 0.25) is 0 Å². The zero-order valence-corrected chi connectivity index (χ0v) is 16.4. The number of ether oxygens (including phenoxy) is 2. The molecule has 0 fully saturated rings. The summed E-state index contributed by atoms with van der Waals surface area (Å²) >= 11 is 3.41. The van der Waals surface area contributed by atoms with Gasteiger partial charge in [-0.3, -0.25) is 4.79 Å². The fourth-order valence-electron chi connectivity index (χ4n) is 2.15. The first-order valence-electron chi connectivity index (χ1n) is 8.53. The van der Waals surface area contributed by atoms with Gasteiger partial charge in [0.25, 0.3) is 5.91 Å². The largest absolute Gasteiger partial charge is 0.493 e. The van der Waals surface area contributed by atoms with Gasteiger partial charge in [0, 0.05) is 10.2 Å². The van der Waals surface area contributed by atoms with Crippen LogP contribution in [0.1, 0.15) is 44.0 Å². The minimum absolute atomic E-state index is 0.167. The molecule has 1 N–H and O–H groups in total. The van der Waals surface area contributed by atoms with E-state index in [9.17, 15) is 4.79 Å². The highest BCUT2D eigenvalue weighted by Gasteiger charge is 2.14. The molecule has 1 atom stereocenters. The lowest BCUT2D eigenvalue weighted by Crippen LogP contribution is -2.14. The zero-order chi connectivity index (χ0) is 18.2. The summed E-state index contributed by atoms with van der Waals surface area (Å²) in [5.41, 5.74) is 1.21. The van der Waals surface area contributed by atoms with E-state index in [1.54, 1.807) is 12.1 Å². The maximum Gasteiger partial charge on any atom is 0.259 e. The molecule has 1 unspecified atom stereocenters. The van der Waals surface area contributed by atoms with Crippen molar-refractivity contribution in [3.8, 4) is 11.5 Å². The Labute approximate surface area is 157 Å². The van der Waals surface area contributed by atoms with Crippen molar-refractivity contribution in [3.05, 3.63) is 52.5 Å². The average molecular weight is 406 g/mol. The van der Waals surface area contributed by atoms with Gasteiger partial charge >= 0.3 is 0 Å². The summed E-state index contributed by atoms with van der Waals surface area (Å²) in [5, 5.41) is 2.90. The summed E-state index contributed by atoms with van der Waals surface area (Å²) in [6.45, 7) is 6.71. The number of benzene rings is 2. The van der Waals surface area contributed by atoms with E-state index in [1.807, 2.05) is 44.2 Å². The normalized spacial score (nSPS) is 11.7. The predicted octanol–water partition coefficient (Wildman–Crippen LogP) is 5.67. The molecule has 0 bridgehead atoms. The Morgan fingerprint density at radius 1 is 1.16 bits per heavy atom.